The molecule has 0 bridgehead atoms. The van der Waals surface area contributed by atoms with Crippen LogP contribution in [0.25, 0.3) is 11.4 Å². The summed E-state index contributed by atoms with van der Waals surface area (Å²) in [6.45, 7) is 7.18. The average molecular weight is 493 g/mol. The number of thioether (sulfide) groups is 1. The normalized spacial score (nSPS) is 12.1. The molecule has 0 radical (unpaired) electrons. The number of ketones is 1. The van der Waals surface area contributed by atoms with Gasteiger partial charge in [-0.3, -0.25) is 9.36 Å². The van der Waals surface area contributed by atoms with Gasteiger partial charge in [0.15, 0.2) is 16.8 Å². The summed E-state index contributed by atoms with van der Waals surface area (Å²) in [4.78, 5) is 13.2. The largest absolute Gasteiger partial charge is 0.383 e. The number of Topliss-reactive ketones (excluding diaryl/α,β-unsaturated/α-hetero) is 1. The molecule has 0 saturated carbocycles. The minimum Gasteiger partial charge on any atom is -0.383 e. The Bertz CT molecular complexity index is 1300. The van der Waals surface area contributed by atoms with Gasteiger partial charge in [-0.1, -0.05) is 42.1 Å². The van der Waals surface area contributed by atoms with Gasteiger partial charge in [0.2, 0.25) is 0 Å². The van der Waals surface area contributed by atoms with Gasteiger partial charge in [0.1, 0.15) is 5.82 Å². The van der Waals surface area contributed by atoms with E-state index in [1.54, 1.807) is 19.2 Å². The third-order valence-electron chi connectivity index (χ3n) is 5.97. The van der Waals surface area contributed by atoms with Gasteiger partial charge in [-0.15, -0.1) is 10.2 Å². The molecule has 4 aromatic rings. The molecule has 0 aliphatic heterocycles. The van der Waals surface area contributed by atoms with Crippen molar-refractivity contribution in [3.8, 4) is 11.4 Å². The first-order valence-corrected chi connectivity index (χ1v) is 12.4. The van der Waals surface area contributed by atoms with Crippen LogP contribution in [-0.2, 0) is 11.3 Å². The highest BCUT2D eigenvalue weighted by Gasteiger charge is 2.21. The molecule has 4 rings (SSSR count). The highest BCUT2D eigenvalue weighted by atomic mass is 32.2. The summed E-state index contributed by atoms with van der Waals surface area (Å²) in [7, 11) is 1.68. The Morgan fingerprint density at radius 3 is 2.49 bits per heavy atom. The van der Waals surface area contributed by atoms with Crippen LogP contribution in [0.4, 0.5) is 4.39 Å². The first-order chi connectivity index (χ1) is 16.9. The van der Waals surface area contributed by atoms with Crippen LogP contribution in [0.15, 0.2) is 65.8 Å². The molecule has 2 heterocycles. The Hall–Kier alpha value is -3.23. The number of carbonyl (C=O) groups is 1. The molecule has 182 valence electrons. The van der Waals surface area contributed by atoms with Crippen molar-refractivity contribution in [2.45, 2.75) is 38.5 Å². The Morgan fingerprint density at radius 2 is 1.80 bits per heavy atom. The van der Waals surface area contributed by atoms with Gasteiger partial charge in [-0.25, -0.2) is 4.39 Å². The number of halogens is 1. The maximum Gasteiger partial charge on any atom is 0.192 e. The summed E-state index contributed by atoms with van der Waals surface area (Å²) >= 11 is 1.36. The molecule has 0 fully saturated rings. The summed E-state index contributed by atoms with van der Waals surface area (Å²) in [5.74, 6) is 0.603. The number of rotatable bonds is 10. The second-order valence-corrected chi connectivity index (χ2v) is 9.50. The van der Waals surface area contributed by atoms with Crippen molar-refractivity contribution in [3.05, 3.63) is 89.0 Å². The van der Waals surface area contributed by atoms with Crippen LogP contribution in [0, 0.1) is 19.7 Å². The van der Waals surface area contributed by atoms with E-state index in [0.717, 1.165) is 22.5 Å². The number of aromatic nitrogens is 4. The molecule has 2 aromatic heterocycles. The van der Waals surface area contributed by atoms with Gasteiger partial charge in [0.05, 0.1) is 24.9 Å². The molecule has 0 saturated heterocycles. The fourth-order valence-electron chi connectivity index (χ4n) is 4.38. The first kappa shape index (κ1) is 24.9. The number of aryl methyl sites for hydroxylation is 1. The predicted octanol–water partition coefficient (Wildman–Crippen LogP) is 5.73. The zero-order valence-electron chi connectivity index (χ0n) is 20.4. The minimum absolute atomic E-state index is 0.0385. The van der Waals surface area contributed by atoms with Gasteiger partial charge in [0, 0.05) is 29.6 Å². The maximum atomic E-state index is 13.5. The number of ether oxygens (including phenoxy) is 1. The van der Waals surface area contributed by atoms with Crippen LogP contribution in [-0.4, -0.2) is 44.6 Å². The van der Waals surface area contributed by atoms with E-state index in [-0.39, 0.29) is 23.4 Å². The molecule has 6 nitrogen and oxygen atoms in total. The second kappa shape index (κ2) is 11.0. The van der Waals surface area contributed by atoms with Crippen LogP contribution >= 0.6 is 11.8 Å². The Balaban J connectivity index is 1.59. The van der Waals surface area contributed by atoms with Crippen molar-refractivity contribution in [1.29, 1.82) is 0 Å². The average Bonchev–Trinajstić information content (AvgIpc) is 3.38. The van der Waals surface area contributed by atoms with Crippen molar-refractivity contribution >= 4 is 17.5 Å². The summed E-state index contributed by atoms with van der Waals surface area (Å²) in [6, 6.07) is 18.3. The lowest BCUT2D eigenvalue weighted by Gasteiger charge is -2.17. The molecule has 1 unspecified atom stereocenters. The van der Waals surface area contributed by atoms with E-state index in [1.807, 2.05) is 54.8 Å². The number of benzene rings is 2. The summed E-state index contributed by atoms with van der Waals surface area (Å²) < 4.78 is 22.9. The zero-order valence-corrected chi connectivity index (χ0v) is 21.2. The Morgan fingerprint density at radius 1 is 1.09 bits per heavy atom. The van der Waals surface area contributed by atoms with Gasteiger partial charge < -0.3 is 9.30 Å². The van der Waals surface area contributed by atoms with Crippen molar-refractivity contribution < 1.29 is 13.9 Å². The fourth-order valence-corrected chi connectivity index (χ4v) is 5.20. The van der Waals surface area contributed by atoms with Crippen molar-refractivity contribution in [2.75, 3.05) is 19.5 Å². The number of carbonyl (C=O) groups excluding carboxylic acids is 1. The van der Waals surface area contributed by atoms with Gasteiger partial charge >= 0.3 is 0 Å². The van der Waals surface area contributed by atoms with Crippen LogP contribution in [0.3, 0.4) is 0 Å². The van der Waals surface area contributed by atoms with Crippen LogP contribution in [0.2, 0.25) is 0 Å². The molecule has 2 aromatic carbocycles. The van der Waals surface area contributed by atoms with E-state index in [0.29, 0.717) is 29.7 Å². The quantitative estimate of drug-likeness (QED) is 0.209. The van der Waals surface area contributed by atoms with E-state index >= 15 is 0 Å². The molecular weight excluding hydrogens is 463 g/mol. The smallest absolute Gasteiger partial charge is 0.192 e. The van der Waals surface area contributed by atoms with E-state index in [9.17, 15) is 9.18 Å². The van der Waals surface area contributed by atoms with Crippen molar-refractivity contribution in [1.82, 2.24) is 19.3 Å². The van der Waals surface area contributed by atoms with E-state index < -0.39 is 0 Å². The van der Waals surface area contributed by atoms with E-state index in [1.165, 1.54) is 23.9 Å². The van der Waals surface area contributed by atoms with Crippen molar-refractivity contribution in [2.24, 2.45) is 0 Å². The van der Waals surface area contributed by atoms with Crippen LogP contribution < -0.4 is 0 Å². The van der Waals surface area contributed by atoms with E-state index in [4.69, 9.17) is 4.74 Å². The lowest BCUT2D eigenvalue weighted by atomic mass is 10.2. The Labute approximate surface area is 209 Å². The summed E-state index contributed by atoms with van der Waals surface area (Å²) in [5.41, 5.74) is 4.54. The fraction of sp³-hybridized carbons (Fsp3) is 0.296. The molecule has 35 heavy (non-hydrogen) atoms. The predicted molar refractivity (Wildman–Crippen MR) is 137 cm³/mol. The van der Waals surface area contributed by atoms with Crippen LogP contribution in [0.5, 0.6) is 0 Å². The SMILES string of the molecule is COCC(C)n1c(C)cc(C(=O)CSc2nnc(-c3ccc(F)cc3)n2Cc2ccccc2)c1C. The van der Waals surface area contributed by atoms with Gasteiger partial charge in [-0.05, 0) is 56.7 Å². The minimum atomic E-state index is -0.305. The maximum absolute atomic E-state index is 13.5. The standard InChI is InChI=1S/C27H29FN4O2S/c1-18-14-24(20(3)32(18)19(2)16-34-4)25(33)17-35-27-30-29-26(22-10-12-23(28)13-11-22)31(27)15-21-8-6-5-7-9-21/h5-14,19H,15-17H2,1-4H3. The van der Waals surface area contributed by atoms with Crippen LogP contribution in [0.1, 0.15) is 40.3 Å². The number of hydrogen-bond donors (Lipinski definition) is 0. The topological polar surface area (TPSA) is 61.9 Å². The zero-order chi connectivity index (χ0) is 24.9. The summed E-state index contributed by atoms with van der Waals surface area (Å²) in [5, 5.41) is 9.41. The molecule has 0 aliphatic rings. The lowest BCUT2D eigenvalue weighted by molar-refractivity contribution is 0.102. The molecule has 0 aliphatic carbocycles. The summed E-state index contributed by atoms with van der Waals surface area (Å²) in [6.07, 6.45) is 0. The highest BCUT2D eigenvalue weighted by Crippen LogP contribution is 2.27. The number of hydrogen-bond acceptors (Lipinski definition) is 5. The molecule has 0 amide bonds. The molecule has 1 atom stereocenters. The Kier molecular flexibility index (Phi) is 7.83. The monoisotopic (exact) mass is 492 g/mol. The molecule has 8 heteroatoms. The van der Waals surface area contributed by atoms with Gasteiger partial charge in [-0.2, -0.15) is 0 Å². The van der Waals surface area contributed by atoms with Gasteiger partial charge in [0.25, 0.3) is 0 Å². The lowest BCUT2D eigenvalue weighted by Crippen LogP contribution is -2.15. The molecular formula is C27H29FN4O2S. The molecule has 0 N–H and O–H groups in total. The van der Waals surface area contributed by atoms with E-state index in [2.05, 4.69) is 21.7 Å². The molecule has 0 spiro atoms. The second-order valence-electron chi connectivity index (χ2n) is 8.56. The third kappa shape index (κ3) is 5.55. The first-order valence-electron chi connectivity index (χ1n) is 11.5. The third-order valence-corrected chi connectivity index (χ3v) is 6.94. The number of nitrogens with zero attached hydrogens (tertiary/aromatic N) is 4. The highest BCUT2D eigenvalue weighted by molar-refractivity contribution is 7.99. The van der Waals surface area contributed by atoms with Crippen molar-refractivity contribution in [3.63, 3.8) is 0 Å². The number of methoxy groups -OCH3 is 1.